The van der Waals surface area contributed by atoms with Crippen molar-refractivity contribution in [1.29, 1.82) is 0 Å². The highest BCUT2D eigenvalue weighted by molar-refractivity contribution is 7.99. The maximum Gasteiger partial charge on any atom is 0.225 e. The Kier molecular flexibility index (Phi) is 4.68. The van der Waals surface area contributed by atoms with Crippen LogP contribution in [0, 0.1) is 0 Å². The minimum absolute atomic E-state index is 0.0382. The number of hydrogen-bond donors (Lipinski definition) is 1. The average Bonchev–Trinajstić information content (AvgIpc) is 2.55. The van der Waals surface area contributed by atoms with Crippen LogP contribution in [0.5, 0.6) is 5.75 Å². The van der Waals surface area contributed by atoms with Crippen molar-refractivity contribution >= 4 is 17.7 Å². The molecule has 0 saturated heterocycles. The van der Waals surface area contributed by atoms with E-state index in [1.54, 1.807) is 7.11 Å². The molecule has 1 heterocycles. The van der Waals surface area contributed by atoms with Crippen molar-refractivity contribution in [2.75, 3.05) is 12.9 Å². The highest BCUT2D eigenvalue weighted by Gasteiger charge is 2.22. The van der Waals surface area contributed by atoms with Crippen molar-refractivity contribution in [3.63, 3.8) is 0 Å². The smallest absolute Gasteiger partial charge is 0.225 e. The second-order valence-corrected chi connectivity index (χ2v) is 6.42. The first kappa shape index (κ1) is 15.0. The van der Waals surface area contributed by atoms with Gasteiger partial charge in [0.2, 0.25) is 5.91 Å². The lowest BCUT2D eigenvalue weighted by molar-refractivity contribution is -0.121. The average molecular weight is 313 g/mol. The lowest BCUT2D eigenvalue weighted by atomic mass is 10.0. The van der Waals surface area contributed by atoms with Gasteiger partial charge in [-0.25, -0.2) is 0 Å². The Morgan fingerprint density at radius 1 is 1.23 bits per heavy atom. The first-order chi connectivity index (χ1) is 10.8. The minimum Gasteiger partial charge on any atom is -0.496 e. The zero-order valence-corrected chi connectivity index (χ0v) is 13.4. The number of methoxy groups -OCH3 is 1. The molecule has 0 saturated carbocycles. The maximum atomic E-state index is 12.4. The number of thioether (sulfide) groups is 1. The Hall–Kier alpha value is -1.94. The SMILES string of the molecule is COc1ccccc1CC(=O)NC1CCSc2ccccc21. The molecule has 1 amide bonds. The number of nitrogens with one attached hydrogen (secondary N) is 1. The largest absolute Gasteiger partial charge is 0.496 e. The van der Waals surface area contributed by atoms with E-state index in [0.717, 1.165) is 23.5 Å². The summed E-state index contributed by atoms with van der Waals surface area (Å²) in [5, 5.41) is 3.17. The topological polar surface area (TPSA) is 38.3 Å². The number of amides is 1. The summed E-state index contributed by atoms with van der Waals surface area (Å²) in [6.45, 7) is 0. The van der Waals surface area contributed by atoms with Crippen LogP contribution in [0.1, 0.15) is 23.6 Å². The monoisotopic (exact) mass is 313 g/mol. The van der Waals surface area contributed by atoms with Crippen molar-refractivity contribution in [2.45, 2.75) is 23.8 Å². The summed E-state index contributed by atoms with van der Waals surface area (Å²) in [4.78, 5) is 13.7. The number of para-hydroxylation sites is 1. The van der Waals surface area contributed by atoms with Crippen LogP contribution < -0.4 is 10.1 Å². The van der Waals surface area contributed by atoms with E-state index >= 15 is 0 Å². The van der Waals surface area contributed by atoms with Crippen LogP contribution in [0.3, 0.4) is 0 Å². The third kappa shape index (κ3) is 3.28. The Balaban J connectivity index is 1.70. The van der Waals surface area contributed by atoms with Crippen LogP contribution in [-0.2, 0) is 11.2 Å². The fraction of sp³-hybridized carbons (Fsp3) is 0.278. The van der Waals surface area contributed by atoms with Gasteiger partial charge in [0, 0.05) is 16.2 Å². The Morgan fingerprint density at radius 3 is 2.86 bits per heavy atom. The molecule has 0 aromatic heterocycles. The quantitative estimate of drug-likeness (QED) is 0.937. The zero-order chi connectivity index (χ0) is 15.4. The first-order valence-corrected chi connectivity index (χ1v) is 8.39. The van der Waals surface area contributed by atoms with Crippen molar-refractivity contribution in [1.82, 2.24) is 5.32 Å². The second kappa shape index (κ2) is 6.88. The molecule has 0 fully saturated rings. The van der Waals surface area contributed by atoms with E-state index < -0.39 is 0 Å². The molecule has 1 aliphatic rings. The molecule has 0 aliphatic carbocycles. The fourth-order valence-electron chi connectivity index (χ4n) is 2.76. The maximum absolute atomic E-state index is 12.4. The molecule has 1 aliphatic heterocycles. The molecule has 1 atom stereocenters. The van der Waals surface area contributed by atoms with Crippen LogP contribution in [0.25, 0.3) is 0 Å². The first-order valence-electron chi connectivity index (χ1n) is 7.41. The van der Waals surface area contributed by atoms with E-state index in [-0.39, 0.29) is 11.9 Å². The van der Waals surface area contributed by atoms with E-state index in [1.807, 2.05) is 48.2 Å². The molecule has 22 heavy (non-hydrogen) atoms. The highest BCUT2D eigenvalue weighted by Crippen LogP contribution is 2.35. The van der Waals surface area contributed by atoms with Crippen LogP contribution in [0.4, 0.5) is 0 Å². The van der Waals surface area contributed by atoms with Gasteiger partial charge in [-0.2, -0.15) is 0 Å². The Bertz CT molecular complexity index is 672. The van der Waals surface area contributed by atoms with Crippen molar-refractivity contribution < 1.29 is 9.53 Å². The number of rotatable bonds is 4. The number of benzene rings is 2. The predicted molar refractivity (Wildman–Crippen MR) is 89.4 cm³/mol. The molecule has 1 N–H and O–H groups in total. The van der Waals surface area contributed by atoms with Gasteiger partial charge in [-0.05, 0) is 24.1 Å². The molecule has 3 rings (SSSR count). The number of ether oxygens (including phenoxy) is 1. The van der Waals surface area contributed by atoms with Crippen molar-refractivity contribution in [3.8, 4) is 5.75 Å². The second-order valence-electron chi connectivity index (χ2n) is 5.28. The summed E-state index contributed by atoms with van der Waals surface area (Å²) < 4.78 is 5.31. The molecule has 0 radical (unpaired) electrons. The van der Waals surface area contributed by atoms with Crippen molar-refractivity contribution in [3.05, 3.63) is 59.7 Å². The van der Waals surface area contributed by atoms with E-state index in [9.17, 15) is 4.79 Å². The Labute approximate surface area is 135 Å². The molecule has 1 unspecified atom stereocenters. The molecule has 2 aromatic rings. The molecule has 0 bridgehead atoms. The van der Waals surface area contributed by atoms with Gasteiger partial charge < -0.3 is 10.1 Å². The molecular formula is C18H19NO2S. The number of carbonyl (C=O) groups is 1. The van der Waals surface area contributed by atoms with Crippen LogP contribution in [0.15, 0.2) is 53.4 Å². The standard InChI is InChI=1S/C18H19NO2S/c1-21-16-8-4-2-6-13(16)12-18(20)19-15-10-11-22-17-9-5-3-7-14(15)17/h2-9,15H,10-12H2,1H3,(H,19,20). The van der Waals surface area contributed by atoms with Crippen LogP contribution in [-0.4, -0.2) is 18.8 Å². The Morgan fingerprint density at radius 2 is 2.00 bits per heavy atom. The van der Waals surface area contributed by atoms with E-state index in [0.29, 0.717) is 6.42 Å². The molecule has 0 spiro atoms. The summed E-state index contributed by atoms with van der Waals surface area (Å²) in [7, 11) is 1.63. The van der Waals surface area contributed by atoms with E-state index in [2.05, 4.69) is 17.4 Å². The van der Waals surface area contributed by atoms with Gasteiger partial charge >= 0.3 is 0 Å². The molecule has 2 aromatic carbocycles. The summed E-state index contributed by atoms with van der Waals surface area (Å²) >= 11 is 1.86. The zero-order valence-electron chi connectivity index (χ0n) is 12.5. The summed E-state index contributed by atoms with van der Waals surface area (Å²) in [6, 6.07) is 16.1. The lowest BCUT2D eigenvalue weighted by Gasteiger charge is -2.26. The van der Waals surface area contributed by atoms with Gasteiger partial charge in [0.05, 0.1) is 19.6 Å². The van der Waals surface area contributed by atoms with Gasteiger partial charge in [0.25, 0.3) is 0 Å². The molecule has 3 nitrogen and oxygen atoms in total. The van der Waals surface area contributed by atoms with Gasteiger partial charge in [0.1, 0.15) is 5.75 Å². The van der Waals surface area contributed by atoms with Gasteiger partial charge in [-0.1, -0.05) is 36.4 Å². The van der Waals surface area contributed by atoms with Crippen molar-refractivity contribution in [2.24, 2.45) is 0 Å². The third-order valence-corrected chi connectivity index (χ3v) is 4.96. The van der Waals surface area contributed by atoms with Gasteiger partial charge in [-0.15, -0.1) is 11.8 Å². The predicted octanol–water partition coefficient (Wildman–Crippen LogP) is 3.59. The molecular weight excluding hydrogens is 294 g/mol. The summed E-state index contributed by atoms with van der Waals surface area (Å²) in [5.41, 5.74) is 2.15. The number of hydrogen-bond acceptors (Lipinski definition) is 3. The summed E-state index contributed by atoms with van der Waals surface area (Å²) in [6.07, 6.45) is 1.31. The van der Waals surface area contributed by atoms with Crippen LogP contribution >= 0.6 is 11.8 Å². The normalized spacial score (nSPS) is 16.7. The number of fused-ring (bicyclic) bond motifs is 1. The molecule has 4 heteroatoms. The fourth-order valence-corrected chi connectivity index (χ4v) is 3.88. The highest BCUT2D eigenvalue weighted by atomic mass is 32.2. The summed E-state index contributed by atoms with van der Waals surface area (Å²) in [5.74, 6) is 1.84. The minimum atomic E-state index is 0.0382. The van der Waals surface area contributed by atoms with Crippen LogP contribution in [0.2, 0.25) is 0 Å². The molecule has 114 valence electrons. The number of carbonyl (C=O) groups excluding carboxylic acids is 1. The lowest BCUT2D eigenvalue weighted by Crippen LogP contribution is -2.31. The van der Waals surface area contributed by atoms with Gasteiger partial charge in [-0.3, -0.25) is 4.79 Å². The third-order valence-electron chi connectivity index (χ3n) is 3.84. The van der Waals surface area contributed by atoms with E-state index in [1.165, 1.54) is 10.5 Å². The van der Waals surface area contributed by atoms with Gasteiger partial charge in [0.15, 0.2) is 0 Å². The van der Waals surface area contributed by atoms with E-state index in [4.69, 9.17) is 4.74 Å².